The molecule has 0 unspecified atom stereocenters. The predicted octanol–water partition coefficient (Wildman–Crippen LogP) is 2.63. The number of likely N-dealkylation sites (tertiary alicyclic amines) is 1. The molecule has 0 spiro atoms. The van der Waals surface area contributed by atoms with Crippen molar-refractivity contribution in [3.8, 4) is 0 Å². The SMILES string of the molecule is CN=C(NCCCOCC1CC1)NCCC1CCN(CC(F)(F)F)CC1. The van der Waals surface area contributed by atoms with E-state index in [9.17, 15) is 13.2 Å². The van der Waals surface area contributed by atoms with Gasteiger partial charge in [0.25, 0.3) is 0 Å². The minimum absolute atomic E-state index is 0.487. The molecular formula is C18H33F3N4O. The Kier molecular flexibility index (Phi) is 8.98. The highest BCUT2D eigenvalue weighted by Crippen LogP contribution is 2.28. The third-order valence-corrected chi connectivity index (χ3v) is 4.99. The second kappa shape index (κ2) is 11.0. The van der Waals surface area contributed by atoms with Gasteiger partial charge >= 0.3 is 6.18 Å². The van der Waals surface area contributed by atoms with Gasteiger partial charge in [0.2, 0.25) is 0 Å². The number of halogens is 3. The van der Waals surface area contributed by atoms with E-state index >= 15 is 0 Å². The summed E-state index contributed by atoms with van der Waals surface area (Å²) in [5.74, 6) is 2.07. The van der Waals surface area contributed by atoms with E-state index in [1.54, 1.807) is 7.05 Å². The predicted molar refractivity (Wildman–Crippen MR) is 97.4 cm³/mol. The van der Waals surface area contributed by atoms with Crippen LogP contribution in [0.15, 0.2) is 4.99 Å². The van der Waals surface area contributed by atoms with Gasteiger partial charge in [-0.25, -0.2) is 0 Å². The summed E-state index contributed by atoms with van der Waals surface area (Å²) in [5, 5.41) is 6.56. The molecule has 0 aromatic rings. The molecule has 2 rings (SSSR count). The van der Waals surface area contributed by atoms with E-state index in [4.69, 9.17) is 4.74 Å². The fourth-order valence-electron chi connectivity index (χ4n) is 3.22. The third kappa shape index (κ3) is 9.62. The molecule has 26 heavy (non-hydrogen) atoms. The Balaban J connectivity index is 1.47. The molecule has 2 fully saturated rings. The van der Waals surface area contributed by atoms with Crippen LogP contribution in [-0.4, -0.2) is 70.0 Å². The number of alkyl halides is 3. The quantitative estimate of drug-likeness (QED) is 0.349. The number of guanidine groups is 1. The van der Waals surface area contributed by atoms with Gasteiger partial charge in [-0.1, -0.05) is 0 Å². The first-order chi connectivity index (χ1) is 12.5. The molecule has 1 saturated heterocycles. The van der Waals surface area contributed by atoms with Crippen LogP contribution in [0.1, 0.15) is 38.5 Å². The van der Waals surface area contributed by atoms with Crippen LogP contribution >= 0.6 is 0 Å². The molecular weight excluding hydrogens is 345 g/mol. The molecule has 1 aliphatic carbocycles. The van der Waals surface area contributed by atoms with E-state index < -0.39 is 12.7 Å². The van der Waals surface area contributed by atoms with Gasteiger partial charge in [-0.3, -0.25) is 9.89 Å². The van der Waals surface area contributed by atoms with Crippen LogP contribution in [-0.2, 0) is 4.74 Å². The highest BCUT2D eigenvalue weighted by atomic mass is 19.4. The molecule has 0 aromatic heterocycles. The van der Waals surface area contributed by atoms with Crippen LogP contribution < -0.4 is 10.6 Å². The summed E-state index contributed by atoms with van der Waals surface area (Å²) in [6.07, 6.45) is 2.13. The van der Waals surface area contributed by atoms with Gasteiger partial charge in [-0.15, -0.1) is 0 Å². The van der Waals surface area contributed by atoms with Crippen LogP contribution in [0.25, 0.3) is 0 Å². The van der Waals surface area contributed by atoms with Gasteiger partial charge in [-0.2, -0.15) is 13.2 Å². The van der Waals surface area contributed by atoms with Gasteiger partial charge in [0.15, 0.2) is 5.96 Å². The molecule has 5 nitrogen and oxygen atoms in total. The zero-order valence-corrected chi connectivity index (χ0v) is 15.8. The molecule has 0 atom stereocenters. The number of hydrogen-bond donors (Lipinski definition) is 2. The Hall–Kier alpha value is -1.02. The van der Waals surface area contributed by atoms with Gasteiger partial charge in [-0.05, 0) is 63.5 Å². The smallest absolute Gasteiger partial charge is 0.381 e. The van der Waals surface area contributed by atoms with Gasteiger partial charge in [0, 0.05) is 33.4 Å². The fourth-order valence-corrected chi connectivity index (χ4v) is 3.22. The molecule has 2 aliphatic rings. The van der Waals surface area contributed by atoms with Crippen molar-refractivity contribution in [2.24, 2.45) is 16.8 Å². The lowest BCUT2D eigenvalue weighted by molar-refractivity contribution is -0.148. The first kappa shape index (κ1) is 21.3. The van der Waals surface area contributed by atoms with E-state index in [1.165, 1.54) is 17.7 Å². The average Bonchev–Trinajstić information content (AvgIpc) is 3.40. The molecule has 1 heterocycles. The number of rotatable bonds is 10. The van der Waals surface area contributed by atoms with Gasteiger partial charge in [0.05, 0.1) is 6.54 Å². The Morgan fingerprint density at radius 1 is 1.08 bits per heavy atom. The molecule has 0 amide bonds. The standard InChI is InChI=1S/C18H33F3N4O/c1-22-17(23-8-2-12-26-13-16-3-4-16)24-9-5-15-6-10-25(11-7-15)14-18(19,20)21/h15-16H,2-14H2,1H3,(H2,22,23,24). The second-order valence-corrected chi connectivity index (χ2v) is 7.42. The van der Waals surface area contributed by atoms with Crippen molar-refractivity contribution in [1.29, 1.82) is 0 Å². The monoisotopic (exact) mass is 378 g/mol. The number of ether oxygens (including phenoxy) is 1. The molecule has 152 valence electrons. The van der Waals surface area contributed by atoms with Crippen molar-refractivity contribution in [2.45, 2.75) is 44.7 Å². The maximum atomic E-state index is 12.4. The summed E-state index contributed by atoms with van der Waals surface area (Å²) in [6, 6.07) is 0. The van der Waals surface area contributed by atoms with Crippen LogP contribution in [0, 0.1) is 11.8 Å². The lowest BCUT2D eigenvalue weighted by Gasteiger charge is -2.32. The summed E-state index contributed by atoms with van der Waals surface area (Å²) < 4.78 is 42.8. The molecule has 1 aliphatic heterocycles. The molecule has 0 aromatic carbocycles. The average molecular weight is 378 g/mol. The van der Waals surface area contributed by atoms with Gasteiger partial charge in [0.1, 0.15) is 0 Å². The van der Waals surface area contributed by atoms with Crippen molar-refractivity contribution in [1.82, 2.24) is 15.5 Å². The van der Waals surface area contributed by atoms with Crippen LogP contribution in [0.2, 0.25) is 0 Å². The van der Waals surface area contributed by atoms with E-state index in [0.717, 1.165) is 63.9 Å². The third-order valence-electron chi connectivity index (χ3n) is 4.99. The first-order valence-electron chi connectivity index (χ1n) is 9.77. The number of piperidine rings is 1. The van der Waals surface area contributed by atoms with Gasteiger partial charge < -0.3 is 15.4 Å². The van der Waals surface area contributed by atoms with Crippen LogP contribution in [0.5, 0.6) is 0 Å². The van der Waals surface area contributed by atoms with Crippen molar-refractivity contribution in [3.63, 3.8) is 0 Å². The van der Waals surface area contributed by atoms with Crippen LogP contribution in [0.4, 0.5) is 13.2 Å². The first-order valence-corrected chi connectivity index (χ1v) is 9.77. The van der Waals surface area contributed by atoms with Crippen molar-refractivity contribution >= 4 is 5.96 Å². The number of nitrogens with one attached hydrogen (secondary N) is 2. The minimum Gasteiger partial charge on any atom is -0.381 e. The zero-order chi connectivity index (χ0) is 18.8. The van der Waals surface area contributed by atoms with E-state index in [-0.39, 0.29) is 0 Å². The van der Waals surface area contributed by atoms with Crippen molar-refractivity contribution in [3.05, 3.63) is 0 Å². The van der Waals surface area contributed by atoms with Crippen molar-refractivity contribution < 1.29 is 17.9 Å². The Morgan fingerprint density at radius 2 is 1.77 bits per heavy atom. The summed E-state index contributed by atoms with van der Waals surface area (Å²) in [5.41, 5.74) is 0. The summed E-state index contributed by atoms with van der Waals surface area (Å²) in [4.78, 5) is 5.71. The summed E-state index contributed by atoms with van der Waals surface area (Å²) >= 11 is 0. The van der Waals surface area contributed by atoms with Crippen molar-refractivity contribution in [2.75, 3.05) is 53.0 Å². The maximum Gasteiger partial charge on any atom is 0.401 e. The number of aliphatic imine (C=N–C) groups is 1. The normalized spacial score (nSPS) is 20.4. The zero-order valence-electron chi connectivity index (χ0n) is 15.8. The fraction of sp³-hybridized carbons (Fsp3) is 0.944. The molecule has 1 saturated carbocycles. The second-order valence-electron chi connectivity index (χ2n) is 7.42. The van der Waals surface area contributed by atoms with E-state index in [1.807, 2.05) is 0 Å². The van der Waals surface area contributed by atoms with E-state index in [0.29, 0.717) is 19.0 Å². The highest BCUT2D eigenvalue weighted by molar-refractivity contribution is 5.79. The maximum absolute atomic E-state index is 12.4. The highest BCUT2D eigenvalue weighted by Gasteiger charge is 2.32. The molecule has 0 bridgehead atoms. The number of nitrogens with zero attached hydrogens (tertiary/aromatic N) is 2. The lowest BCUT2D eigenvalue weighted by atomic mass is 9.93. The largest absolute Gasteiger partial charge is 0.401 e. The molecule has 0 radical (unpaired) electrons. The number of hydrogen-bond acceptors (Lipinski definition) is 3. The topological polar surface area (TPSA) is 48.9 Å². The minimum atomic E-state index is -4.09. The van der Waals surface area contributed by atoms with Crippen LogP contribution in [0.3, 0.4) is 0 Å². The van der Waals surface area contributed by atoms with E-state index in [2.05, 4.69) is 15.6 Å². The summed E-state index contributed by atoms with van der Waals surface area (Å²) in [7, 11) is 1.74. The Labute approximate surface area is 154 Å². The molecule has 8 heteroatoms. The Morgan fingerprint density at radius 3 is 2.38 bits per heavy atom. The molecule has 2 N–H and O–H groups in total. The lowest BCUT2D eigenvalue weighted by Crippen LogP contribution is -2.41. The Bertz CT molecular complexity index is 419. The summed E-state index contributed by atoms with van der Waals surface area (Å²) in [6.45, 7) is 3.59.